The fourth-order valence-corrected chi connectivity index (χ4v) is 3.18. The Bertz CT molecular complexity index is 736. The van der Waals surface area contributed by atoms with Crippen molar-refractivity contribution in [1.82, 2.24) is 4.98 Å². The van der Waals surface area contributed by atoms with Crippen LogP contribution >= 0.6 is 0 Å². The van der Waals surface area contributed by atoms with Crippen LogP contribution in [0.1, 0.15) is 29.2 Å². The molecule has 1 heterocycles. The normalized spacial score (nSPS) is 21.8. The molecule has 1 aromatic heterocycles. The summed E-state index contributed by atoms with van der Waals surface area (Å²) in [5.41, 5.74) is 6.43. The molecule has 22 heavy (non-hydrogen) atoms. The zero-order chi connectivity index (χ0) is 16.1. The minimum Gasteiger partial charge on any atom is -0.396 e. The van der Waals surface area contributed by atoms with Gasteiger partial charge in [-0.2, -0.15) is 13.2 Å². The molecule has 0 fully saturated rings. The van der Waals surface area contributed by atoms with Crippen LogP contribution in [-0.2, 0) is 17.4 Å². The van der Waals surface area contributed by atoms with Crippen molar-refractivity contribution in [2.45, 2.75) is 24.9 Å². The van der Waals surface area contributed by atoms with Crippen LogP contribution in [0, 0.1) is 5.92 Å². The van der Waals surface area contributed by atoms with Gasteiger partial charge < -0.3 is 15.8 Å². The summed E-state index contributed by atoms with van der Waals surface area (Å²) in [6.45, 7) is -0.130. The summed E-state index contributed by atoms with van der Waals surface area (Å²) in [6, 6.07) is 3.46. The lowest BCUT2D eigenvalue weighted by molar-refractivity contribution is -0.137. The van der Waals surface area contributed by atoms with Gasteiger partial charge in [-0.3, -0.25) is 4.79 Å². The number of carbonyl (C=O) groups is 1. The van der Waals surface area contributed by atoms with Gasteiger partial charge >= 0.3 is 6.18 Å². The molecule has 4 nitrogen and oxygen atoms in total. The van der Waals surface area contributed by atoms with Crippen LogP contribution in [0.2, 0.25) is 0 Å². The number of aliphatic hydroxyl groups excluding tert-OH is 1. The minimum atomic E-state index is -4.42. The molecule has 0 saturated heterocycles. The maximum absolute atomic E-state index is 12.9. The zero-order valence-corrected chi connectivity index (χ0v) is 11.6. The van der Waals surface area contributed by atoms with Crippen molar-refractivity contribution in [2.24, 2.45) is 11.7 Å². The van der Waals surface area contributed by atoms with Gasteiger partial charge in [0.2, 0.25) is 5.91 Å². The average Bonchev–Trinajstić information content (AvgIpc) is 2.82. The summed E-state index contributed by atoms with van der Waals surface area (Å²) in [4.78, 5) is 14.6. The second kappa shape index (κ2) is 5.01. The lowest BCUT2D eigenvalue weighted by atomic mass is 9.79. The number of fused-ring (bicyclic) bond motifs is 3. The number of carbonyl (C=O) groups excluding carboxylic acids is 1. The number of primary amides is 1. The lowest BCUT2D eigenvalue weighted by Gasteiger charge is -2.26. The average molecular weight is 312 g/mol. The molecule has 2 aromatic rings. The summed E-state index contributed by atoms with van der Waals surface area (Å²) < 4.78 is 38.6. The van der Waals surface area contributed by atoms with E-state index in [4.69, 9.17) is 5.73 Å². The number of amides is 1. The number of hydrogen-bond donors (Lipinski definition) is 3. The third-order valence-corrected chi connectivity index (χ3v) is 4.28. The van der Waals surface area contributed by atoms with Crippen molar-refractivity contribution in [1.29, 1.82) is 0 Å². The molecule has 1 aromatic carbocycles. The molecule has 0 saturated carbocycles. The molecule has 118 valence electrons. The number of nitrogens with two attached hydrogens (primary N) is 1. The highest BCUT2D eigenvalue weighted by molar-refractivity contribution is 5.90. The second-order valence-corrected chi connectivity index (χ2v) is 5.72. The molecule has 1 aliphatic carbocycles. The van der Waals surface area contributed by atoms with E-state index in [1.54, 1.807) is 0 Å². The van der Waals surface area contributed by atoms with Crippen LogP contribution in [-0.4, -0.2) is 22.6 Å². The van der Waals surface area contributed by atoms with Crippen molar-refractivity contribution in [3.8, 4) is 0 Å². The molecular weight excluding hydrogens is 297 g/mol. The van der Waals surface area contributed by atoms with Gasteiger partial charge in [0.05, 0.1) is 11.5 Å². The van der Waals surface area contributed by atoms with Gasteiger partial charge in [0, 0.05) is 23.2 Å². The highest BCUT2D eigenvalue weighted by Crippen LogP contribution is 2.40. The Balaban J connectivity index is 2.19. The molecule has 1 amide bonds. The van der Waals surface area contributed by atoms with Crippen molar-refractivity contribution in [2.75, 3.05) is 6.61 Å². The van der Waals surface area contributed by atoms with Gasteiger partial charge in [0.1, 0.15) is 0 Å². The van der Waals surface area contributed by atoms with Gasteiger partial charge in [-0.1, -0.05) is 0 Å². The molecule has 2 unspecified atom stereocenters. The first kappa shape index (κ1) is 14.9. The Morgan fingerprint density at radius 3 is 2.73 bits per heavy atom. The number of halogens is 3. The van der Waals surface area contributed by atoms with Crippen LogP contribution < -0.4 is 5.73 Å². The summed E-state index contributed by atoms with van der Waals surface area (Å²) >= 11 is 0. The number of H-pyrrole nitrogens is 1. The Kier molecular flexibility index (Phi) is 3.40. The molecule has 3 rings (SSSR count). The molecule has 0 spiro atoms. The number of benzene rings is 1. The monoisotopic (exact) mass is 312 g/mol. The topological polar surface area (TPSA) is 79.1 Å². The Morgan fingerprint density at radius 1 is 1.41 bits per heavy atom. The number of aliphatic hydroxyl groups is 1. The quantitative estimate of drug-likeness (QED) is 0.795. The Labute approximate surface area is 124 Å². The van der Waals surface area contributed by atoms with Gasteiger partial charge in [0.15, 0.2) is 0 Å². The van der Waals surface area contributed by atoms with E-state index in [0.29, 0.717) is 35.0 Å². The fraction of sp³-hybridized carbons (Fsp3) is 0.400. The highest BCUT2D eigenvalue weighted by atomic mass is 19.4. The van der Waals surface area contributed by atoms with Crippen molar-refractivity contribution in [3.63, 3.8) is 0 Å². The van der Waals surface area contributed by atoms with E-state index >= 15 is 0 Å². The van der Waals surface area contributed by atoms with Crippen LogP contribution in [0.15, 0.2) is 18.2 Å². The fourth-order valence-electron chi connectivity index (χ4n) is 3.18. The minimum absolute atomic E-state index is 0.130. The third-order valence-electron chi connectivity index (χ3n) is 4.28. The van der Waals surface area contributed by atoms with Gasteiger partial charge in [-0.05, 0) is 42.5 Å². The van der Waals surface area contributed by atoms with Gasteiger partial charge in [0.25, 0.3) is 0 Å². The maximum Gasteiger partial charge on any atom is 0.416 e. The predicted molar refractivity (Wildman–Crippen MR) is 74.1 cm³/mol. The Hall–Kier alpha value is -2.02. The molecule has 1 aliphatic rings. The smallest absolute Gasteiger partial charge is 0.396 e. The van der Waals surface area contributed by atoms with Crippen molar-refractivity contribution >= 4 is 16.8 Å². The standard InChI is InChI=1S/C15H15F3N2O2/c16-15(17,18)8-1-2-12-9(5-8)10-3-7(6-21)4-11(14(19)22)13(10)20-12/h1-2,5,7,11,20-21H,3-4,6H2,(H2,19,22). The van der Waals surface area contributed by atoms with Gasteiger partial charge in [-0.25, -0.2) is 0 Å². The van der Waals surface area contributed by atoms with E-state index in [1.165, 1.54) is 6.07 Å². The van der Waals surface area contributed by atoms with E-state index in [0.717, 1.165) is 12.1 Å². The number of aromatic amines is 1. The highest BCUT2D eigenvalue weighted by Gasteiger charge is 2.35. The molecule has 2 atom stereocenters. The lowest BCUT2D eigenvalue weighted by Crippen LogP contribution is -2.30. The molecular formula is C15H15F3N2O2. The molecule has 0 bridgehead atoms. The first-order valence-corrected chi connectivity index (χ1v) is 6.93. The van der Waals surface area contributed by atoms with E-state index < -0.39 is 23.6 Å². The number of rotatable bonds is 2. The number of nitrogens with one attached hydrogen (secondary N) is 1. The first-order chi connectivity index (χ1) is 10.3. The largest absolute Gasteiger partial charge is 0.416 e. The number of hydrogen-bond acceptors (Lipinski definition) is 2. The SMILES string of the molecule is NC(=O)C1CC(CO)Cc2c1[nH]c1ccc(C(F)(F)F)cc21. The summed E-state index contributed by atoms with van der Waals surface area (Å²) in [5.74, 6) is -1.33. The van der Waals surface area contributed by atoms with Crippen molar-refractivity contribution in [3.05, 3.63) is 35.0 Å². The summed E-state index contributed by atoms with van der Waals surface area (Å²) in [6.07, 6.45) is -3.60. The predicted octanol–water partition coefficient (Wildman–Crippen LogP) is 2.31. The van der Waals surface area contributed by atoms with Crippen LogP contribution in [0.4, 0.5) is 13.2 Å². The van der Waals surface area contributed by atoms with E-state index in [1.807, 2.05) is 0 Å². The van der Waals surface area contributed by atoms with E-state index in [-0.39, 0.29) is 12.5 Å². The Morgan fingerprint density at radius 2 is 2.14 bits per heavy atom. The van der Waals surface area contributed by atoms with Crippen LogP contribution in [0.5, 0.6) is 0 Å². The first-order valence-electron chi connectivity index (χ1n) is 6.93. The molecule has 7 heteroatoms. The maximum atomic E-state index is 12.9. The zero-order valence-electron chi connectivity index (χ0n) is 11.6. The summed E-state index contributed by atoms with van der Waals surface area (Å²) in [7, 11) is 0. The van der Waals surface area contributed by atoms with E-state index in [2.05, 4.69) is 4.98 Å². The molecule has 4 N–H and O–H groups in total. The second-order valence-electron chi connectivity index (χ2n) is 5.72. The van der Waals surface area contributed by atoms with Crippen LogP contribution in [0.3, 0.4) is 0 Å². The molecule has 0 aliphatic heterocycles. The summed E-state index contributed by atoms with van der Waals surface area (Å²) in [5, 5.41) is 9.81. The number of alkyl halides is 3. The van der Waals surface area contributed by atoms with Crippen molar-refractivity contribution < 1.29 is 23.1 Å². The third kappa shape index (κ3) is 2.35. The van der Waals surface area contributed by atoms with E-state index in [9.17, 15) is 23.1 Å². The van der Waals surface area contributed by atoms with Crippen LogP contribution in [0.25, 0.3) is 10.9 Å². The molecule has 0 radical (unpaired) electrons. The van der Waals surface area contributed by atoms with Gasteiger partial charge in [-0.15, -0.1) is 0 Å². The number of aromatic nitrogens is 1.